The van der Waals surface area contributed by atoms with E-state index in [1.165, 1.54) is 7.11 Å². The van der Waals surface area contributed by atoms with Crippen molar-refractivity contribution in [1.29, 1.82) is 0 Å². The zero-order valence-corrected chi connectivity index (χ0v) is 10.0. The Hall–Kier alpha value is -1.72. The van der Waals surface area contributed by atoms with Crippen molar-refractivity contribution >= 4 is 5.97 Å². The Kier molecular flexibility index (Phi) is 4.58. The Balaban J connectivity index is 3.15. The van der Waals surface area contributed by atoms with Gasteiger partial charge in [-0.3, -0.25) is 0 Å². The number of hydrogen-bond donors (Lipinski definition) is 0. The first-order valence-corrected chi connectivity index (χ1v) is 5.32. The predicted octanol–water partition coefficient (Wildman–Crippen LogP) is 3.28. The van der Waals surface area contributed by atoms with Gasteiger partial charge >= 0.3 is 12.1 Å². The quantitative estimate of drug-likeness (QED) is 0.781. The molecule has 6 heteroatoms. The van der Waals surface area contributed by atoms with Crippen molar-refractivity contribution in [3.05, 3.63) is 29.3 Å². The van der Waals surface area contributed by atoms with Crippen molar-refractivity contribution in [2.45, 2.75) is 19.5 Å². The molecule has 18 heavy (non-hydrogen) atoms. The van der Waals surface area contributed by atoms with Crippen molar-refractivity contribution in [3.63, 3.8) is 0 Å². The molecule has 100 valence electrons. The second-order valence-corrected chi connectivity index (χ2v) is 3.55. The zero-order chi connectivity index (χ0) is 13.8. The third-order valence-corrected chi connectivity index (χ3v) is 2.19. The highest BCUT2D eigenvalue weighted by Crippen LogP contribution is 2.34. The summed E-state index contributed by atoms with van der Waals surface area (Å²) < 4.78 is 47.7. The minimum atomic E-state index is -4.60. The van der Waals surface area contributed by atoms with E-state index in [0.29, 0.717) is 6.42 Å². The zero-order valence-electron chi connectivity index (χ0n) is 10.0. The van der Waals surface area contributed by atoms with E-state index in [1.807, 2.05) is 0 Å². The van der Waals surface area contributed by atoms with E-state index in [-0.39, 0.29) is 12.4 Å². The van der Waals surface area contributed by atoms with E-state index in [2.05, 4.69) is 0 Å². The number of halogens is 3. The fraction of sp³-hybridized carbons (Fsp3) is 0.417. The molecule has 0 heterocycles. The number of ether oxygens (including phenoxy) is 2. The van der Waals surface area contributed by atoms with Crippen LogP contribution in [0.1, 0.15) is 29.3 Å². The maximum Gasteiger partial charge on any atom is 0.417 e. The van der Waals surface area contributed by atoms with Crippen LogP contribution in [0.4, 0.5) is 13.2 Å². The van der Waals surface area contributed by atoms with Gasteiger partial charge in [-0.05, 0) is 24.6 Å². The molecular formula is C12H13F3O3. The lowest BCUT2D eigenvalue weighted by atomic mass is 10.1. The van der Waals surface area contributed by atoms with Crippen LogP contribution in [-0.4, -0.2) is 19.7 Å². The smallest absolute Gasteiger partial charge is 0.417 e. The van der Waals surface area contributed by atoms with E-state index in [1.54, 1.807) is 6.92 Å². The minimum Gasteiger partial charge on any atom is -0.497 e. The highest BCUT2D eigenvalue weighted by Gasteiger charge is 2.35. The van der Waals surface area contributed by atoms with E-state index in [4.69, 9.17) is 9.47 Å². The van der Waals surface area contributed by atoms with Gasteiger partial charge in [-0.1, -0.05) is 6.92 Å². The summed E-state index contributed by atoms with van der Waals surface area (Å²) in [5.74, 6) is -0.825. The predicted molar refractivity (Wildman–Crippen MR) is 58.6 cm³/mol. The van der Waals surface area contributed by atoms with Gasteiger partial charge in [-0.15, -0.1) is 0 Å². The van der Waals surface area contributed by atoms with E-state index >= 15 is 0 Å². The summed E-state index contributed by atoms with van der Waals surface area (Å²) >= 11 is 0. The van der Waals surface area contributed by atoms with Gasteiger partial charge in [0.15, 0.2) is 0 Å². The number of methoxy groups -OCH3 is 1. The molecule has 1 aromatic rings. The maximum atomic E-state index is 12.7. The lowest BCUT2D eigenvalue weighted by Gasteiger charge is -2.13. The molecule has 0 spiro atoms. The van der Waals surface area contributed by atoms with E-state index in [9.17, 15) is 18.0 Å². The second-order valence-electron chi connectivity index (χ2n) is 3.55. The van der Waals surface area contributed by atoms with Gasteiger partial charge in [0.05, 0.1) is 24.8 Å². The topological polar surface area (TPSA) is 35.5 Å². The summed E-state index contributed by atoms with van der Waals surface area (Å²) in [6.45, 7) is 1.83. The first kappa shape index (κ1) is 14.3. The molecule has 0 aliphatic carbocycles. The second kappa shape index (κ2) is 5.75. The van der Waals surface area contributed by atoms with E-state index in [0.717, 1.165) is 18.2 Å². The molecule has 0 aromatic heterocycles. The monoisotopic (exact) mass is 262 g/mol. The van der Waals surface area contributed by atoms with Crippen LogP contribution in [0.5, 0.6) is 5.75 Å². The first-order valence-electron chi connectivity index (χ1n) is 5.32. The van der Waals surface area contributed by atoms with Crippen LogP contribution in [0.15, 0.2) is 18.2 Å². The van der Waals surface area contributed by atoms with Crippen LogP contribution in [0.2, 0.25) is 0 Å². The first-order chi connectivity index (χ1) is 8.40. The summed E-state index contributed by atoms with van der Waals surface area (Å²) in [7, 11) is 1.31. The standard InChI is InChI=1S/C12H13F3O3/c1-3-6-18-11(16)9-7-8(17-2)4-5-10(9)12(13,14)15/h4-5,7H,3,6H2,1-2H3. The molecule has 0 saturated heterocycles. The normalized spacial score (nSPS) is 11.2. The summed E-state index contributed by atoms with van der Waals surface area (Å²) in [5.41, 5.74) is -1.56. The number of carbonyl (C=O) groups is 1. The molecule has 0 aliphatic heterocycles. The van der Waals surface area contributed by atoms with E-state index < -0.39 is 23.3 Å². The number of alkyl halides is 3. The van der Waals surface area contributed by atoms with Crippen molar-refractivity contribution in [2.75, 3.05) is 13.7 Å². The Morgan fingerprint density at radius 2 is 2.00 bits per heavy atom. The highest BCUT2D eigenvalue weighted by atomic mass is 19.4. The molecular weight excluding hydrogens is 249 g/mol. The van der Waals surface area contributed by atoms with Gasteiger partial charge in [0.25, 0.3) is 0 Å². The van der Waals surface area contributed by atoms with Gasteiger partial charge in [0.1, 0.15) is 5.75 Å². The fourth-order valence-corrected chi connectivity index (χ4v) is 1.34. The van der Waals surface area contributed by atoms with Crippen LogP contribution in [0.3, 0.4) is 0 Å². The Labute approximate surface area is 103 Å². The largest absolute Gasteiger partial charge is 0.497 e. The number of carbonyl (C=O) groups excluding carboxylic acids is 1. The average molecular weight is 262 g/mol. The summed E-state index contributed by atoms with van der Waals surface area (Å²) in [6.07, 6.45) is -4.07. The SMILES string of the molecule is CCCOC(=O)c1cc(OC)ccc1C(F)(F)F. The molecule has 0 radical (unpaired) electrons. The van der Waals surface area contributed by atoms with Crippen LogP contribution in [0, 0.1) is 0 Å². The van der Waals surface area contributed by atoms with Crippen LogP contribution in [-0.2, 0) is 10.9 Å². The van der Waals surface area contributed by atoms with Crippen LogP contribution < -0.4 is 4.74 Å². The molecule has 1 aromatic carbocycles. The molecule has 0 fully saturated rings. The van der Waals surface area contributed by atoms with Crippen molar-refractivity contribution < 1.29 is 27.4 Å². The van der Waals surface area contributed by atoms with Gasteiger partial charge < -0.3 is 9.47 Å². The molecule has 0 amide bonds. The lowest BCUT2D eigenvalue weighted by Crippen LogP contribution is -2.15. The lowest BCUT2D eigenvalue weighted by molar-refractivity contribution is -0.138. The molecule has 0 atom stereocenters. The molecule has 0 bridgehead atoms. The number of rotatable bonds is 4. The molecule has 0 unspecified atom stereocenters. The fourth-order valence-electron chi connectivity index (χ4n) is 1.34. The van der Waals surface area contributed by atoms with Crippen molar-refractivity contribution in [1.82, 2.24) is 0 Å². The average Bonchev–Trinajstić information content (AvgIpc) is 2.34. The van der Waals surface area contributed by atoms with Crippen LogP contribution >= 0.6 is 0 Å². The molecule has 0 N–H and O–H groups in total. The number of benzene rings is 1. The Morgan fingerprint density at radius 3 is 2.50 bits per heavy atom. The maximum absolute atomic E-state index is 12.7. The summed E-state index contributed by atoms with van der Waals surface area (Å²) in [5, 5.41) is 0. The number of esters is 1. The summed E-state index contributed by atoms with van der Waals surface area (Å²) in [4.78, 5) is 11.6. The third kappa shape index (κ3) is 3.38. The molecule has 1 rings (SSSR count). The minimum absolute atomic E-state index is 0.0767. The molecule has 3 nitrogen and oxygen atoms in total. The van der Waals surface area contributed by atoms with Crippen molar-refractivity contribution in [3.8, 4) is 5.75 Å². The Morgan fingerprint density at radius 1 is 1.33 bits per heavy atom. The third-order valence-electron chi connectivity index (χ3n) is 2.19. The molecule has 0 aliphatic rings. The highest BCUT2D eigenvalue weighted by molar-refractivity contribution is 5.91. The van der Waals surface area contributed by atoms with Crippen LogP contribution in [0.25, 0.3) is 0 Å². The van der Waals surface area contributed by atoms with Gasteiger partial charge in [-0.2, -0.15) is 13.2 Å². The van der Waals surface area contributed by atoms with Gasteiger partial charge in [0, 0.05) is 0 Å². The summed E-state index contributed by atoms with van der Waals surface area (Å²) in [6, 6.07) is 2.99. The van der Waals surface area contributed by atoms with Gasteiger partial charge in [-0.25, -0.2) is 4.79 Å². The molecule has 0 saturated carbocycles. The van der Waals surface area contributed by atoms with Crippen molar-refractivity contribution in [2.24, 2.45) is 0 Å². The Bertz CT molecular complexity index is 427. The van der Waals surface area contributed by atoms with Gasteiger partial charge in [0.2, 0.25) is 0 Å². The number of hydrogen-bond acceptors (Lipinski definition) is 3.